The minimum Gasteiger partial charge on any atom is -0.209 e. The first-order chi connectivity index (χ1) is 6.77. The monoisotopic (exact) mass is 208 g/mol. The molecule has 0 saturated carbocycles. The molecule has 4 heteroatoms. The fourth-order valence-corrected chi connectivity index (χ4v) is 1.34. The topological polar surface area (TPSA) is 25.8 Å². The van der Waals surface area contributed by atoms with Gasteiger partial charge in [-0.3, -0.25) is 0 Å². The van der Waals surface area contributed by atoms with E-state index in [0.29, 0.717) is 10.7 Å². The van der Waals surface area contributed by atoms with Gasteiger partial charge in [0.1, 0.15) is 0 Å². The van der Waals surface area contributed by atoms with Crippen molar-refractivity contribution in [3.8, 4) is 11.3 Å². The fraction of sp³-hybridized carbons (Fsp3) is 0. The third-order valence-corrected chi connectivity index (χ3v) is 2.04. The average molecular weight is 209 g/mol. The highest BCUT2D eigenvalue weighted by Gasteiger charge is 2.06. The SMILES string of the molecule is Fc1ncc(Cl)c(-c2ccccc2)n1. The molecule has 1 aromatic heterocycles. The van der Waals surface area contributed by atoms with Gasteiger partial charge in [0.2, 0.25) is 0 Å². The highest BCUT2D eigenvalue weighted by molar-refractivity contribution is 6.32. The Morgan fingerprint density at radius 3 is 2.57 bits per heavy atom. The van der Waals surface area contributed by atoms with Crippen molar-refractivity contribution < 1.29 is 4.39 Å². The Hall–Kier alpha value is -1.48. The summed E-state index contributed by atoms with van der Waals surface area (Å²) in [6.07, 6.45) is 0.486. The minimum atomic E-state index is -0.770. The van der Waals surface area contributed by atoms with Gasteiger partial charge in [-0.2, -0.15) is 4.39 Å². The van der Waals surface area contributed by atoms with Gasteiger partial charge in [-0.25, -0.2) is 9.97 Å². The normalized spacial score (nSPS) is 10.1. The van der Waals surface area contributed by atoms with Crippen LogP contribution in [0.3, 0.4) is 0 Å². The van der Waals surface area contributed by atoms with Gasteiger partial charge in [-0.05, 0) is 0 Å². The molecule has 70 valence electrons. The van der Waals surface area contributed by atoms with E-state index >= 15 is 0 Å². The van der Waals surface area contributed by atoms with Gasteiger partial charge in [-0.1, -0.05) is 41.9 Å². The van der Waals surface area contributed by atoms with E-state index < -0.39 is 6.08 Å². The highest BCUT2D eigenvalue weighted by Crippen LogP contribution is 2.24. The summed E-state index contributed by atoms with van der Waals surface area (Å²) in [7, 11) is 0. The molecule has 2 rings (SSSR count). The van der Waals surface area contributed by atoms with Crippen molar-refractivity contribution in [2.75, 3.05) is 0 Å². The molecular formula is C10H6ClFN2. The van der Waals surface area contributed by atoms with Crippen molar-refractivity contribution in [3.63, 3.8) is 0 Å². The van der Waals surface area contributed by atoms with Gasteiger partial charge < -0.3 is 0 Å². The van der Waals surface area contributed by atoms with E-state index in [1.54, 1.807) is 0 Å². The molecule has 0 radical (unpaired) electrons. The Morgan fingerprint density at radius 2 is 1.86 bits per heavy atom. The highest BCUT2D eigenvalue weighted by atomic mass is 35.5. The number of aromatic nitrogens is 2. The van der Waals surface area contributed by atoms with E-state index in [9.17, 15) is 4.39 Å². The molecule has 0 fully saturated rings. The van der Waals surface area contributed by atoms with Crippen molar-refractivity contribution in [1.82, 2.24) is 9.97 Å². The lowest BCUT2D eigenvalue weighted by Gasteiger charge is -2.01. The largest absolute Gasteiger partial charge is 0.309 e. The van der Waals surface area contributed by atoms with E-state index in [1.165, 1.54) is 6.20 Å². The lowest BCUT2D eigenvalue weighted by Crippen LogP contribution is -1.92. The maximum atomic E-state index is 12.8. The molecule has 0 aliphatic heterocycles. The lowest BCUT2D eigenvalue weighted by atomic mass is 10.1. The fourth-order valence-electron chi connectivity index (χ4n) is 1.14. The van der Waals surface area contributed by atoms with Crippen molar-refractivity contribution >= 4 is 11.6 Å². The number of halogens is 2. The quantitative estimate of drug-likeness (QED) is 0.674. The molecule has 0 aliphatic rings. The summed E-state index contributed by atoms with van der Waals surface area (Å²) in [6.45, 7) is 0. The zero-order chi connectivity index (χ0) is 9.97. The Kier molecular flexibility index (Phi) is 2.41. The van der Waals surface area contributed by atoms with Crippen LogP contribution in [0.25, 0.3) is 11.3 Å². The van der Waals surface area contributed by atoms with E-state index in [-0.39, 0.29) is 0 Å². The summed E-state index contributed by atoms with van der Waals surface area (Å²) in [5.41, 5.74) is 1.19. The molecule has 0 saturated heterocycles. The molecule has 1 aromatic carbocycles. The third kappa shape index (κ3) is 1.72. The van der Waals surface area contributed by atoms with Gasteiger partial charge in [0, 0.05) is 5.56 Å². The first-order valence-corrected chi connectivity index (χ1v) is 4.38. The first kappa shape index (κ1) is 9.09. The van der Waals surface area contributed by atoms with Crippen LogP contribution in [0, 0.1) is 6.08 Å². The molecule has 14 heavy (non-hydrogen) atoms. The number of hydrogen-bond donors (Lipinski definition) is 0. The van der Waals surface area contributed by atoms with Crippen LogP contribution in [0.1, 0.15) is 0 Å². The van der Waals surface area contributed by atoms with Crippen LogP contribution < -0.4 is 0 Å². The Balaban J connectivity index is 2.57. The van der Waals surface area contributed by atoms with Crippen LogP contribution in [-0.2, 0) is 0 Å². The lowest BCUT2D eigenvalue weighted by molar-refractivity contribution is 0.540. The molecule has 0 N–H and O–H groups in total. The molecular weight excluding hydrogens is 203 g/mol. The summed E-state index contributed by atoms with van der Waals surface area (Å²) >= 11 is 5.84. The van der Waals surface area contributed by atoms with Crippen molar-refractivity contribution in [2.45, 2.75) is 0 Å². The third-order valence-electron chi connectivity index (χ3n) is 1.76. The number of nitrogens with zero attached hydrogens (tertiary/aromatic N) is 2. The maximum absolute atomic E-state index is 12.8. The zero-order valence-electron chi connectivity index (χ0n) is 7.11. The van der Waals surface area contributed by atoms with E-state index in [4.69, 9.17) is 11.6 Å². The Morgan fingerprint density at radius 1 is 1.14 bits per heavy atom. The Bertz CT molecular complexity index is 445. The summed E-state index contributed by atoms with van der Waals surface area (Å²) < 4.78 is 12.8. The number of hydrogen-bond acceptors (Lipinski definition) is 2. The summed E-state index contributed by atoms with van der Waals surface area (Å²) in [6, 6.07) is 9.17. The van der Waals surface area contributed by atoms with Crippen molar-refractivity contribution in [3.05, 3.63) is 47.6 Å². The predicted molar refractivity (Wildman–Crippen MR) is 52.4 cm³/mol. The summed E-state index contributed by atoms with van der Waals surface area (Å²) in [4.78, 5) is 6.99. The van der Waals surface area contributed by atoms with Crippen molar-refractivity contribution in [2.24, 2.45) is 0 Å². The van der Waals surface area contributed by atoms with E-state index in [1.807, 2.05) is 30.3 Å². The Labute approximate surface area is 85.4 Å². The predicted octanol–water partition coefficient (Wildman–Crippen LogP) is 2.94. The van der Waals surface area contributed by atoms with Gasteiger partial charge >= 0.3 is 6.08 Å². The van der Waals surface area contributed by atoms with Crippen LogP contribution in [0.5, 0.6) is 0 Å². The maximum Gasteiger partial charge on any atom is 0.309 e. The van der Waals surface area contributed by atoms with E-state index in [0.717, 1.165) is 5.56 Å². The van der Waals surface area contributed by atoms with Crippen LogP contribution in [-0.4, -0.2) is 9.97 Å². The molecule has 2 aromatic rings. The summed E-state index contributed by atoms with van der Waals surface area (Å²) in [5, 5.41) is 0.345. The zero-order valence-corrected chi connectivity index (χ0v) is 7.87. The second kappa shape index (κ2) is 3.72. The van der Waals surface area contributed by atoms with E-state index in [2.05, 4.69) is 9.97 Å². The standard InChI is InChI=1S/C10H6ClFN2/c11-8-6-13-10(12)14-9(8)7-4-2-1-3-5-7/h1-6H. The van der Waals surface area contributed by atoms with Gasteiger partial charge in [0.25, 0.3) is 0 Å². The van der Waals surface area contributed by atoms with Gasteiger partial charge in [0.15, 0.2) is 0 Å². The number of benzene rings is 1. The minimum absolute atomic E-state index is 0.345. The second-order valence-electron chi connectivity index (χ2n) is 2.70. The second-order valence-corrected chi connectivity index (χ2v) is 3.11. The van der Waals surface area contributed by atoms with Crippen LogP contribution in [0.15, 0.2) is 36.5 Å². The average Bonchev–Trinajstić information content (AvgIpc) is 2.23. The first-order valence-electron chi connectivity index (χ1n) is 4.01. The van der Waals surface area contributed by atoms with Gasteiger partial charge in [0.05, 0.1) is 16.9 Å². The molecule has 0 unspecified atom stereocenters. The number of rotatable bonds is 1. The van der Waals surface area contributed by atoms with Crippen LogP contribution >= 0.6 is 11.6 Å². The van der Waals surface area contributed by atoms with Crippen LogP contribution in [0.4, 0.5) is 4.39 Å². The molecule has 1 heterocycles. The van der Waals surface area contributed by atoms with Gasteiger partial charge in [-0.15, -0.1) is 0 Å². The molecule has 0 bridgehead atoms. The van der Waals surface area contributed by atoms with Crippen molar-refractivity contribution in [1.29, 1.82) is 0 Å². The molecule has 2 nitrogen and oxygen atoms in total. The molecule has 0 spiro atoms. The summed E-state index contributed by atoms with van der Waals surface area (Å²) in [5.74, 6) is 0. The molecule has 0 atom stereocenters. The smallest absolute Gasteiger partial charge is 0.209 e. The van der Waals surface area contributed by atoms with Crippen LogP contribution in [0.2, 0.25) is 5.02 Å². The molecule has 0 amide bonds. The molecule has 0 aliphatic carbocycles.